The fourth-order valence-corrected chi connectivity index (χ4v) is 2.99. The Kier molecular flexibility index (Phi) is 8.51. The predicted molar refractivity (Wildman–Crippen MR) is 125 cm³/mol. The van der Waals surface area contributed by atoms with Gasteiger partial charge in [0.05, 0.1) is 0 Å². The molecule has 1 atom stereocenters. The van der Waals surface area contributed by atoms with Gasteiger partial charge in [0.15, 0.2) is 18.2 Å². The van der Waals surface area contributed by atoms with Crippen LogP contribution in [0.1, 0.15) is 62.3 Å². The van der Waals surface area contributed by atoms with Crippen molar-refractivity contribution in [3.63, 3.8) is 0 Å². The molecule has 2 rings (SSSR count). The largest absolute Gasteiger partial charge is 0.456 e. The molecule has 0 aromatic heterocycles. The van der Waals surface area contributed by atoms with Gasteiger partial charge >= 0.3 is 12.1 Å². The van der Waals surface area contributed by atoms with Crippen molar-refractivity contribution < 1.29 is 28.7 Å². The van der Waals surface area contributed by atoms with Gasteiger partial charge in [-0.25, -0.2) is 9.59 Å². The van der Waals surface area contributed by atoms with Gasteiger partial charge in [0, 0.05) is 11.1 Å². The third kappa shape index (κ3) is 7.86. The van der Waals surface area contributed by atoms with Crippen molar-refractivity contribution in [2.75, 3.05) is 6.61 Å². The molecule has 0 radical (unpaired) electrons. The quantitative estimate of drug-likeness (QED) is 0.454. The van der Waals surface area contributed by atoms with Crippen LogP contribution < -0.4 is 5.32 Å². The molecule has 0 saturated carbocycles. The first-order valence-corrected chi connectivity index (χ1v) is 10.8. The smallest absolute Gasteiger partial charge is 0.408 e. The van der Waals surface area contributed by atoms with Crippen LogP contribution in [-0.4, -0.2) is 41.9 Å². The van der Waals surface area contributed by atoms with Crippen LogP contribution in [0.15, 0.2) is 48.5 Å². The van der Waals surface area contributed by atoms with Gasteiger partial charge in [0.25, 0.3) is 0 Å². The highest BCUT2D eigenvalue weighted by atomic mass is 16.6. The van der Waals surface area contributed by atoms with E-state index in [4.69, 9.17) is 9.47 Å². The summed E-state index contributed by atoms with van der Waals surface area (Å²) in [5, 5.41) is 2.50. The summed E-state index contributed by atoms with van der Waals surface area (Å²) in [6, 6.07) is 13.2. The minimum atomic E-state index is -0.937. The van der Waals surface area contributed by atoms with E-state index in [1.807, 2.05) is 12.1 Å². The van der Waals surface area contributed by atoms with Gasteiger partial charge in [-0.3, -0.25) is 9.59 Å². The molecule has 2 aromatic carbocycles. The highest BCUT2D eigenvalue weighted by Crippen LogP contribution is 2.21. The van der Waals surface area contributed by atoms with Crippen LogP contribution in [0, 0.1) is 5.92 Å². The number of hydrogen-bond acceptors (Lipinski definition) is 6. The summed E-state index contributed by atoms with van der Waals surface area (Å²) in [7, 11) is 0. The van der Waals surface area contributed by atoms with Gasteiger partial charge in [-0.2, -0.15) is 0 Å². The molecule has 7 nitrogen and oxygen atoms in total. The average molecular weight is 454 g/mol. The zero-order chi connectivity index (χ0) is 24.8. The Hall–Kier alpha value is -3.48. The van der Waals surface area contributed by atoms with E-state index >= 15 is 0 Å². The molecule has 0 aliphatic rings. The van der Waals surface area contributed by atoms with E-state index in [9.17, 15) is 19.2 Å². The summed E-state index contributed by atoms with van der Waals surface area (Å²) in [5.74, 6) is -1.32. The van der Waals surface area contributed by atoms with Crippen molar-refractivity contribution in [1.82, 2.24) is 5.32 Å². The number of carbonyl (C=O) groups excluding carboxylic acids is 4. The van der Waals surface area contributed by atoms with E-state index in [-0.39, 0.29) is 17.5 Å². The first kappa shape index (κ1) is 25.8. The highest BCUT2D eigenvalue weighted by Gasteiger charge is 2.28. The van der Waals surface area contributed by atoms with E-state index < -0.39 is 30.3 Å². The Morgan fingerprint density at radius 2 is 1.33 bits per heavy atom. The van der Waals surface area contributed by atoms with Crippen LogP contribution in [0.25, 0.3) is 11.1 Å². The molecule has 1 amide bonds. The minimum absolute atomic E-state index is 0.00181. The molecular weight excluding hydrogens is 422 g/mol. The van der Waals surface area contributed by atoms with E-state index in [1.54, 1.807) is 71.0 Å². The molecule has 1 unspecified atom stereocenters. The third-order valence-corrected chi connectivity index (χ3v) is 4.77. The SMILES string of the molecule is CC(=O)c1ccc(-c2ccc(C(=O)COC(=O)C(NC(=O)OC(C)(C)C)C(C)C)cc2)cc1. The lowest BCUT2D eigenvalue weighted by Gasteiger charge is -2.24. The molecule has 7 heteroatoms. The zero-order valence-corrected chi connectivity index (χ0v) is 19.9. The van der Waals surface area contributed by atoms with Crippen molar-refractivity contribution >= 4 is 23.6 Å². The van der Waals surface area contributed by atoms with Gasteiger partial charge < -0.3 is 14.8 Å². The standard InChI is InChI=1S/C26H31NO6/c1-16(2)23(27-25(31)33-26(4,5)6)24(30)32-15-22(29)21-13-11-20(12-14-21)19-9-7-18(8-10-19)17(3)28/h7-14,16,23H,15H2,1-6H3,(H,27,31). The lowest BCUT2D eigenvalue weighted by atomic mass is 10.0. The number of Topliss-reactive ketones (excluding diaryl/α,β-unsaturated/α-hetero) is 2. The zero-order valence-electron chi connectivity index (χ0n) is 19.9. The number of nitrogens with one attached hydrogen (secondary N) is 1. The van der Waals surface area contributed by atoms with Gasteiger partial charge in [-0.15, -0.1) is 0 Å². The van der Waals surface area contributed by atoms with Gasteiger partial charge in [0.2, 0.25) is 0 Å². The number of ketones is 2. The number of benzene rings is 2. The molecule has 0 spiro atoms. The minimum Gasteiger partial charge on any atom is -0.456 e. The number of esters is 1. The number of rotatable bonds is 8. The Balaban J connectivity index is 1.97. The normalized spacial score (nSPS) is 12.1. The van der Waals surface area contributed by atoms with Crippen LogP contribution in [0.2, 0.25) is 0 Å². The molecule has 176 valence electrons. The molecule has 0 aliphatic carbocycles. The van der Waals surface area contributed by atoms with Gasteiger partial charge in [-0.1, -0.05) is 62.4 Å². The molecular formula is C26H31NO6. The second kappa shape index (κ2) is 10.9. The van der Waals surface area contributed by atoms with Crippen LogP contribution >= 0.6 is 0 Å². The van der Waals surface area contributed by atoms with Crippen molar-refractivity contribution in [1.29, 1.82) is 0 Å². The lowest BCUT2D eigenvalue weighted by molar-refractivity contribution is -0.146. The molecule has 33 heavy (non-hydrogen) atoms. The van der Waals surface area contributed by atoms with Gasteiger partial charge in [0.1, 0.15) is 11.6 Å². The Morgan fingerprint density at radius 1 is 0.848 bits per heavy atom. The highest BCUT2D eigenvalue weighted by molar-refractivity contribution is 5.98. The number of hydrogen-bond donors (Lipinski definition) is 1. The fraction of sp³-hybridized carbons (Fsp3) is 0.385. The first-order chi connectivity index (χ1) is 15.4. The second-order valence-corrected chi connectivity index (χ2v) is 9.11. The number of amides is 1. The molecule has 0 fully saturated rings. The molecule has 1 N–H and O–H groups in total. The summed E-state index contributed by atoms with van der Waals surface area (Å²) in [6.45, 7) is 9.75. The number of ether oxygens (including phenoxy) is 2. The topological polar surface area (TPSA) is 98.8 Å². The summed E-state index contributed by atoms with van der Waals surface area (Å²) in [6.07, 6.45) is -0.726. The predicted octanol–water partition coefficient (Wildman–Crippen LogP) is 4.83. The maximum Gasteiger partial charge on any atom is 0.408 e. The molecule has 0 bridgehead atoms. The maximum atomic E-state index is 12.5. The Labute approximate surface area is 194 Å². The average Bonchev–Trinajstić information content (AvgIpc) is 2.74. The van der Waals surface area contributed by atoms with E-state index in [0.717, 1.165) is 11.1 Å². The first-order valence-electron chi connectivity index (χ1n) is 10.8. The van der Waals surface area contributed by atoms with E-state index in [2.05, 4.69) is 5.32 Å². The molecule has 2 aromatic rings. The van der Waals surface area contributed by atoms with E-state index in [1.165, 1.54) is 6.92 Å². The molecule has 0 heterocycles. The summed E-state index contributed by atoms with van der Waals surface area (Å²) < 4.78 is 10.4. The van der Waals surface area contributed by atoms with Gasteiger partial charge in [-0.05, 0) is 44.7 Å². The van der Waals surface area contributed by atoms with Crippen LogP contribution in [-0.2, 0) is 14.3 Å². The Bertz CT molecular complexity index is 1000. The maximum absolute atomic E-state index is 12.5. The molecule has 0 saturated heterocycles. The van der Waals surface area contributed by atoms with E-state index in [0.29, 0.717) is 11.1 Å². The van der Waals surface area contributed by atoms with Crippen molar-refractivity contribution in [3.05, 3.63) is 59.7 Å². The fourth-order valence-electron chi connectivity index (χ4n) is 2.99. The van der Waals surface area contributed by atoms with Crippen molar-refractivity contribution in [2.24, 2.45) is 5.92 Å². The second-order valence-electron chi connectivity index (χ2n) is 9.11. The number of carbonyl (C=O) groups is 4. The molecule has 0 aliphatic heterocycles. The van der Waals surface area contributed by atoms with Crippen LogP contribution in [0.4, 0.5) is 4.79 Å². The van der Waals surface area contributed by atoms with Crippen LogP contribution in [0.5, 0.6) is 0 Å². The monoisotopic (exact) mass is 453 g/mol. The summed E-state index contributed by atoms with van der Waals surface area (Å²) >= 11 is 0. The Morgan fingerprint density at radius 3 is 1.76 bits per heavy atom. The summed E-state index contributed by atoms with van der Waals surface area (Å²) in [4.78, 5) is 48.4. The third-order valence-electron chi connectivity index (χ3n) is 4.77. The number of alkyl carbamates (subject to hydrolysis) is 1. The summed E-state index contributed by atoms with van der Waals surface area (Å²) in [5.41, 5.74) is 2.13. The lowest BCUT2D eigenvalue weighted by Crippen LogP contribution is -2.47. The van der Waals surface area contributed by atoms with Crippen molar-refractivity contribution in [3.8, 4) is 11.1 Å². The van der Waals surface area contributed by atoms with Crippen LogP contribution in [0.3, 0.4) is 0 Å². The van der Waals surface area contributed by atoms with Crippen molar-refractivity contribution in [2.45, 2.75) is 53.2 Å².